The molecule has 0 saturated heterocycles. The highest BCUT2D eigenvalue weighted by atomic mass is 35.5. The predicted octanol–water partition coefficient (Wildman–Crippen LogP) is 3.82. The van der Waals surface area contributed by atoms with Crippen molar-refractivity contribution in [1.29, 1.82) is 0 Å². The highest BCUT2D eigenvalue weighted by Gasteiger charge is 2.18. The standard InChI is InChI=1S/C16H13ClN2O2/c17-16-13-8-11(6-7-14(13)18-19-16)12(9-15(20)21)10-4-2-1-3-5-10/h1-8,12H,9H2,(H,18,19)(H,20,21)/t12-/m0/s1. The van der Waals surface area contributed by atoms with Crippen LogP contribution in [0.3, 0.4) is 0 Å². The summed E-state index contributed by atoms with van der Waals surface area (Å²) in [5.74, 6) is -1.04. The maximum atomic E-state index is 11.2. The zero-order chi connectivity index (χ0) is 14.8. The Bertz CT molecular complexity index is 783. The van der Waals surface area contributed by atoms with Crippen molar-refractivity contribution >= 4 is 28.5 Å². The van der Waals surface area contributed by atoms with Crippen molar-refractivity contribution < 1.29 is 9.90 Å². The molecule has 0 saturated carbocycles. The molecule has 0 bridgehead atoms. The Hall–Kier alpha value is -2.33. The minimum Gasteiger partial charge on any atom is -0.481 e. The number of nitrogens with zero attached hydrogens (tertiary/aromatic N) is 1. The number of carboxylic acids is 1. The van der Waals surface area contributed by atoms with E-state index in [2.05, 4.69) is 10.2 Å². The third kappa shape index (κ3) is 2.76. The van der Waals surface area contributed by atoms with Gasteiger partial charge in [0.25, 0.3) is 0 Å². The molecule has 21 heavy (non-hydrogen) atoms. The van der Waals surface area contributed by atoms with Crippen LogP contribution in [0.1, 0.15) is 23.5 Å². The maximum Gasteiger partial charge on any atom is 0.304 e. The van der Waals surface area contributed by atoms with Gasteiger partial charge in [-0.2, -0.15) is 5.10 Å². The molecule has 0 amide bonds. The second-order valence-corrected chi connectivity index (χ2v) is 5.25. The second-order valence-electron chi connectivity index (χ2n) is 4.88. The lowest BCUT2D eigenvalue weighted by atomic mass is 9.88. The van der Waals surface area contributed by atoms with E-state index in [1.807, 2.05) is 48.5 Å². The summed E-state index contributed by atoms with van der Waals surface area (Å²) >= 11 is 6.07. The van der Waals surface area contributed by atoms with Gasteiger partial charge >= 0.3 is 5.97 Å². The fourth-order valence-electron chi connectivity index (χ4n) is 2.50. The van der Waals surface area contributed by atoms with Crippen LogP contribution in [0.2, 0.25) is 5.15 Å². The van der Waals surface area contributed by atoms with E-state index < -0.39 is 5.97 Å². The largest absolute Gasteiger partial charge is 0.481 e. The van der Waals surface area contributed by atoms with Crippen LogP contribution in [0.5, 0.6) is 0 Å². The molecule has 0 aliphatic heterocycles. The summed E-state index contributed by atoms with van der Waals surface area (Å²) in [6.45, 7) is 0. The monoisotopic (exact) mass is 300 g/mol. The number of carboxylic acid groups (broad SMARTS) is 1. The van der Waals surface area contributed by atoms with Crippen LogP contribution in [0.15, 0.2) is 48.5 Å². The van der Waals surface area contributed by atoms with E-state index in [1.54, 1.807) is 0 Å². The molecular formula is C16H13ClN2O2. The van der Waals surface area contributed by atoms with E-state index >= 15 is 0 Å². The average Bonchev–Trinajstić information content (AvgIpc) is 2.86. The van der Waals surface area contributed by atoms with E-state index in [9.17, 15) is 9.90 Å². The second kappa shape index (κ2) is 5.58. The van der Waals surface area contributed by atoms with Gasteiger partial charge in [-0.05, 0) is 23.3 Å². The van der Waals surface area contributed by atoms with E-state index in [0.29, 0.717) is 5.15 Å². The molecule has 0 aliphatic rings. The number of nitrogens with one attached hydrogen (secondary N) is 1. The molecule has 1 atom stereocenters. The first-order valence-corrected chi connectivity index (χ1v) is 6.93. The predicted molar refractivity (Wildman–Crippen MR) is 81.6 cm³/mol. The normalized spacial score (nSPS) is 12.4. The summed E-state index contributed by atoms with van der Waals surface area (Å²) in [5.41, 5.74) is 2.66. The van der Waals surface area contributed by atoms with Gasteiger partial charge in [-0.25, -0.2) is 0 Å². The zero-order valence-corrected chi connectivity index (χ0v) is 11.8. The van der Waals surface area contributed by atoms with Crippen molar-refractivity contribution in [3.8, 4) is 0 Å². The Labute approximate surface area is 126 Å². The van der Waals surface area contributed by atoms with Crippen LogP contribution in [-0.2, 0) is 4.79 Å². The van der Waals surface area contributed by atoms with Crippen LogP contribution in [-0.4, -0.2) is 21.3 Å². The van der Waals surface area contributed by atoms with Gasteiger partial charge in [0.2, 0.25) is 0 Å². The van der Waals surface area contributed by atoms with Gasteiger partial charge in [-0.1, -0.05) is 48.0 Å². The van der Waals surface area contributed by atoms with Gasteiger partial charge < -0.3 is 5.11 Å². The smallest absolute Gasteiger partial charge is 0.304 e. The summed E-state index contributed by atoms with van der Waals surface area (Å²) in [5, 5.41) is 17.3. The molecular weight excluding hydrogens is 288 g/mol. The lowest BCUT2D eigenvalue weighted by Crippen LogP contribution is -2.07. The summed E-state index contributed by atoms with van der Waals surface area (Å²) in [7, 11) is 0. The van der Waals surface area contributed by atoms with Gasteiger partial charge in [0.1, 0.15) is 5.15 Å². The SMILES string of the molecule is O=C(O)C[C@@H](c1ccccc1)c1ccc2n[nH]c(Cl)c2c1. The number of aliphatic carboxylic acids is 1. The first kappa shape index (κ1) is 13.6. The summed E-state index contributed by atoms with van der Waals surface area (Å²) in [4.78, 5) is 11.2. The van der Waals surface area contributed by atoms with Gasteiger partial charge in [-0.15, -0.1) is 0 Å². The molecule has 2 aromatic carbocycles. The fourth-order valence-corrected chi connectivity index (χ4v) is 2.69. The average molecular weight is 301 g/mol. The van der Waals surface area contributed by atoms with Gasteiger partial charge in [0.15, 0.2) is 0 Å². The molecule has 0 fully saturated rings. The highest BCUT2D eigenvalue weighted by molar-refractivity contribution is 6.34. The van der Waals surface area contributed by atoms with Crippen molar-refractivity contribution in [2.45, 2.75) is 12.3 Å². The number of fused-ring (bicyclic) bond motifs is 1. The lowest BCUT2D eigenvalue weighted by Gasteiger charge is -2.16. The van der Waals surface area contributed by atoms with Gasteiger partial charge in [-0.3, -0.25) is 9.89 Å². The van der Waals surface area contributed by atoms with Crippen molar-refractivity contribution in [3.05, 3.63) is 64.8 Å². The number of hydrogen-bond acceptors (Lipinski definition) is 2. The summed E-state index contributed by atoms with van der Waals surface area (Å²) in [6.07, 6.45) is 0.0327. The quantitative estimate of drug-likeness (QED) is 0.769. The first-order valence-electron chi connectivity index (χ1n) is 6.55. The fraction of sp³-hybridized carbons (Fsp3) is 0.125. The molecule has 0 unspecified atom stereocenters. The van der Waals surface area contributed by atoms with Crippen molar-refractivity contribution in [3.63, 3.8) is 0 Å². The van der Waals surface area contributed by atoms with E-state index in [0.717, 1.165) is 22.0 Å². The van der Waals surface area contributed by atoms with E-state index in [4.69, 9.17) is 11.6 Å². The van der Waals surface area contributed by atoms with Crippen LogP contribution >= 0.6 is 11.6 Å². The number of benzene rings is 2. The molecule has 0 spiro atoms. The lowest BCUT2D eigenvalue weighted by molar-refractivity contribution is -0.137. The maximum absolute atomic E-state index is 11.2. The molecule has 1 aromatic heterocycles. The minimum absolute atomic E-state index is 0.0327. The number of aromatic nitrogens is 2. The number of H-pyrrole nitrogens is 1. The molecule has 1 heterocycles. The Kier molecular flexibility index (Phi) is 3.62. The minimum atomic E-state index is -0.831. The molecule has 4 nitrogen and oxygen atoms in total. The highest BCUT2D eigenvalue weighted by Crippen LogP contribution is 2.31. The topological polar surface area (TPSA) is 66.0 Å². The molecule has 3 rings (SSSR count). The van der Waals surface area contributed by atoms with Crippen molar-refractivity contribution in [1.82, 2.24) is 10.2 Å². The number of aromatic amines is 1. The first-order chi connectivity index (χ1) is 10.1. The van der Waals surface area contributed by atoms with Crippen molar-refractivity contribution in [2.75, 3.05) is 0 Å². The number of hydrogen-bond donors (Lipinski definition) is 2. The van der Waals surface area contributed by atoms with E-state index in [-0.39, 0.29) is 12.3 Å². The Morgan fingerprint density at radius 3 is 2.67 bits per heavy atom. The number of rotatable bonds is 4. The van der Waals surface area contributed by atoms with Gasteiger partial charge in [0.05, 0.1) is 11.9 Å². The van der Waals surface area contributed by atoms with Crippen LogP contribution in [0, 0.1) is 0 Å². The summed E-state index contributed by atoms with van der Waals surface area (Å²) < 4.78 is 0. The van der Waals surface area contributed by atoms with Crippen molar-refractivity contribution in [2.24, 2.45) is 0 Å². The molecule has 106 valence electrons. The van der Waals surface area contributed by atoms with Crippen LogP contribution in [0.4, 0.5) is 0 Å². The number of halogens is 1. The molecule has 2 N–H and O–H groups in total. The third-order valence-electron chi connectivity index (χ3n) is 3.51. The molecule has 5 heteroatoms. The molecule has 0 aliphatic carbocycles. The van der Waals surface area contributed by atoms with Crippen LogP contribution < -0.4 is 0 Å². The summed E-state index contributed by atoms with van der Waals surface area (Å²) in [6, 6.07) is 15.3. The third-order valence-corrected chi connectivity index (χ3v) is 3.80. The molecule has 0 radical (unpaired) electrons. The Morgan fingerprint density at radius 1 is 1.19 bits per heavy atom. The number of carbonyl (C=O) groups is 1. The Balaban J connectivity index is 2.09. The molecule has 3 aromatic rings. The Morgan fingerprint density at radius 2 is 1.95 bits per heavy atom. The zero-order valence-electron chi connectivity index (χ0n) is 11.1. The van der Waals surface area contributed by atoms with Gasteiger partial charge in [0, 0.05) is 11.3 Å². The van der Waals surface area contributed by atoms with Crippen LogP contribution in [0.25, 0.3) is 10.9 Å². The van der Waals surface area contributed by atoms with E-state index in [1.165, 1.54) is 0 Å².